The number of furan rings is 1. The molecule has 0 saturated carbocycles. The van der Waals surface area contributed by atoms with Crippen LogP contribution in [0.5, 0.6) is 0 Å². The summed E-state index contributed by atoms with van der Waals surface area (Å²) < 4.78 is 45.0. The van der Waals surface area contributed by atoms with E-state index in [4.69, 9.17) is 4.42 Å². The van der Waals surface area contributed by atoms with E-state index in [-0.39, 0.29) is 42.6 Å². The molecule has 2 aromatic rings. The molecular weight excluding hydrogens is 411 g/mol. The van der Waals surface area contributed by atoms with Crippen LogP contribution in [0.15, 0.2) is 41.0 Å². The van der Waals surface area contributed by atoms with Crippen molar-refractivity contribution in [2.45, 2.75) is 38.5 Å². The molecule has 1 N–H and O–H groups in total. The van der Waals surface area contributed by atoms with Gasteiger partial charge in [-0.05, 0) is 56.2 Å². The van der Waals surface area contributed by atoms with E-state index in [1.54, 1.807) is 17.0 Å². The van der Waals surface area contributed by atoms with E-state index in [1.165, 1.54) is 12.3 Å². The van der Waals surface area contributed by atoms with Crippen LogP contribution in [-0.2, 0) is 17.4 Å². The van der Waals surface area contributed by atoms with Crippen molar-refractivity contribution >= 4 is 17.5 Å². The van der Waals surface area contributed by atoms with Gasteiger partial charge in [0.05, 0.1) is 23.8 Å². The molecule has 1 aromatic heterocycles. The highest BCUT2D eigenvalue weighted by Crippen LogP contribution is 2.40. The average Bonchev–Trinajstić information content (AvgIpc) is 3.25. The fourth-order valence-corrected chi connectivity index (χ4v) is 4.43. The minimum atomic E-state index is -4.45. The van der Waals surface area contributed by atoms with Gasteiger partial charge in [0.25, 0.3) is 5.91 Å². The van der Waals surface area contributed by atoms with Crippen molar-refractivity contribution in [1.82, 2.24) is 10.2 Å². The van der Waals surface area contributed by atoms with Crippen molar-refractivity contribution in [1.29, 1.82) is 0 Å². The van der Waals surface area contributed by atoms with E-state index < -0.39 is 17.7 Å². The molecule has 0 bridgehead atoms. The Morgan fingerprint density at radius 2 is 1.97 bits per heavy atom. The van der Waals surface area contributed by atoms with Crippen LogP contribution in [0.2, 0.25) is 0 Å². The maximum atomic E-state index is 13.2. The van der Waals surface area contributed by atoms with Crippen LogP contribution in [0.3, 0.4) is 0 Å². The van der Waals surface area contributed by atoms with Crippen molar-refractivity contribution in [2.24, 2.45) is 5.92 Å². The zero-order valence-electron chi connectivity index (χ0n) is 17.3. The topological polar surface area (TPSA) is 65.8 Å². The summed E-state index contributed by atoms with van der Waals surface area (Å²) in [6, 6.07) is 6.48. The van der Waals surface area contributed by atoms with Gasteiger partial charge in [0, 0.05) is 31.4 Å². The van der Waals surface area contributed by atoms with E-state index in [0.717, 1.165) is 12.1 Å². The Morgan fingerprint density at radius 3 is 2.61 bits per heavy atom. The van der Waals surface area contributed by atoms with Crippen molar-refractivity contribution in [3.05, 3.63) is 53.5 Å². The lowest BCUT2D eigenvalue weighted by molar-refractivity contribution is -0.137. The Kier molecular flexibility index (Phi) is 5.45. The van der Waals surface area contributed by atoms with Gasteiger partial charge in [0.1, 0.15) is 0 Å². The second-order valence-corrected chi connectivity index (χ2v) is 8.30. The molecule has 2 aliphatic rings. The predicted molar refractivity (Wildman–Crippen MR) is 108 cm³/mol. The predicted octanol–water partition coefficient (Wildman–Crippen LogP) is 3.33. The Morgan fingerprint density at radius 1 is 1.19 bits per heavy atom. The summed E-state index contributed by atoms with van der Waals surface area (Å²) in [7, 11) is 0. The SMILES string of the molecule is CC(C)NC(=O)C1Cc2cc(C(F)(F)F)ccc2N2CCN(C(=O)c3ccco3)CC12. The van der Waals surface area contributed by atoms with E-state index in [2.05, 4.69) is 5.32 Å². The summed E-state index contributed by atoms with van der Waals surface area (Å²) in [6.45, 7) is 4.76. The number of piperazine rings is 1. The molecule has 1 aromatic carbocycles. The summed E-state index contributed by atoms with van der Waals surface area (Å²) >= 11 is 0. The van der Waals surface area contributed by atoms with Crippen molar-refractivity contribution in [2.75, 3.05) is 24.5 Å². The smallest absolute Gasteiger partial charge is 0.416 e. The third kappa shape index (κ3) is 4.13. The molecule has 9 heteroatoms. The molecule has 0 aliphatic carbocycles. The first-order valence-corrected chi connectivity index (χ1v) is 10.2. The number of halogens is 3. The zero-order chi connectivity index (χ0) is 22.3. The van der Waals surface area contributed by atoms with Crippen molar-refractivity contribution < 1.29 is 27.2 Å². The van der Waals surface area contributed by atoms with E-state index >= 15 is 0 Å². The largest absolute Gasteiger partial charge is 0.459 e. The number of alkyl halides is 3. The number of benzene rings is 1. The van der Waals surface area contributed by atoms with Gasteiger partial charge >= 0.3 is 6.18 Å². The molecule has 0 spiro atoms. The summed E-state index contributed by atoms with van der Waals surface area (Å²) in [5.74, 6) is -0.834. The zero-order valence-corrected chi connectivity index (χ0v) is 17.3. The fraction of sp³-hybridized carbons (Fsp3) is 0.455. The summed E-state index contributed by atoms with van der Waals surface area (Å²) in [6.07, 6.45) is -2.84. The molecule has 6 nitrogen and oxygen atoms in total. The number of carbonyl (C=O) groups excluding carboxylic acids is 2. The van der Waals surface area contributed by atoms with E-state index in [0.29, 0.717) is 24.3 Å². The fourth-order valence-electron chi connectivity index (χ4n) is 4.43. The Bertz CT molecular complexity index is 972. The molecule has 4 rings (SSSR count). The van der Waals surface area contributed by atoms with Gasteiger partial charge in [-0.3, -0.25) is 9.59 Å². The van der Waals surface area contributed by atoms with Crippen molar-refractivity contribution in [3.8, 4) is 0 Å². The second kappa shape index (κ2) is 7.94. The number of anilines is 1. The lowest BCUT2D eigenvalue weighted by Crippen LogP contribution is -2.62. The quantitative estimate of drug-likeness (QED) is 0.803. The Labute approximate surface area is 178 Å². The van der Waals surface area contributed by atoms with Gasteiger partial charge in [-0.15, -0.1) is 0 Å². The van der Waals surface area contributed by atoms with Gasteiger partial charge in [-0.2, -0.15) is 13.2 Å². The first-order chi connectivity index (χ1) is 14.6. The minimum absolute atomic E-state index is 0.103. The Hall–Kier alpha value is -2.97. The second-order valence-electron chi connectivity index (χ2n) is 8.30. The number of fused-ring (bicyclic) bond motifs is 3. The first-order valence-electron chi connectivity index (χ1n) is 10.2. The molecule has 2 unspecified atom stereocenters. The lowest BCUT2D eigenvalue weighted by atomic mass is 9.82. The van der Waals surface area contributed by atoms with Crippen LogP contribution in [0, 0.1) is 5.92 Å². The number of rotatable bonds is 3. The van der Waals surface area contributed by atoms with Crippen LogP contribution in [0.1, 0.15) is 35.5 Å². The summed E-state index contributed by atoms with van der Waals surface area (Å²) in [5, 5.41) is 2.88. The molecule has 1 fully saturated rings. The maximum Gasteiger partial charge on any atom is 0.416 e. The normalized spacial score (nSPS) is 21.0. The third-order valence-electron chi connectivity index (χ3n) is 5.83. The summed E-state index contributed by atoms with van der Waals surface area (Å²) in [5.41, 5.74) is 0.469. The lowest BCUT2D eigenvalue weighted by Gasteiger charge is -2.49. The number of nitrogens with zero attached hydrogens (tertiary/aromatic N) is 2. The Balaban J connectivity index is 1.67. The molecular formula is C22H24F3N3O3. The standard InChI is InChI=1S/C22H24F3N3O3/c1-13(2)26-20(29)16-11-14-10-15(22(23,24)25)5-6-17(14)28-8-7-27(12-18(16)28)21(30)19-4-3-9-31-19/h3-6,9-10,13,16,18H,7-8,11-12H2,1-2H3,(H,26,29). The van der Waals surface area contributed by atoms with Gasteiger partial charge in [-0.25, -0.2) is 0 Å². The number of nitrogens with one attached hydrogen (secondary N) is 1. The van der Waals surface area contributed by atoms with E-state index in [1.807, 2.05) is 18.7 Å². The summed E-state index contributed by atoms with van der Waals surface area (Å²) in [4.78, 5) is 29.4. The number of amides is 2. The number of carbonyl (C=O) groups is 2. The van der Waals surface area contributed by atoms with Gasteiger partial charge < -0.3 is 19.5 Å². The maximum absolute atomic E-state index is 13.2. The van der Waals surface area contributed by atoms with Gasteiger partial charge in [0.15, 0.2) is 5.76 Å². The number of hydrogen-bond acceptors (Lipinski definition) is 4. The average molecular weight is 435 g/mol. The van der Waals surface area contributed by atoms with Crippen LogP contribution in [0.25, 0.3) is 0 Å². The molecule has 3 heterocycles. The molecule has 2 aliphatic heterocycles. The highest BCUT2D eigenvalue weighted by Gasteiger charge is 2.43. The monoisotopic (exact) mass is 435 g/mol. The molecule has 166 valence electrons. The molecule has 31 heavy (non-hydrogen) atoms. The first kappa shape index (κ1) is 21.3. The van der Waals surface area contributed by atoms with Gasteiger partial charge in [-0.1, -0.05) is 0 Å². The minimum Gasteiger partial charge on any atom is -0.459 e. The van der Waals surface area contributed by atoms with Crippen LogP contribution < -0.4 is 10.2 Å². The molecule has 2 amide bonds. The van der Waals surface area contributed by atoms with E-state index in [9.17, 15) is 22.8 Å². The third-order valence-corrected chi connectivity index (χ3v) is 5.83. The van der Waals surface area contributed by atoms with Gasteiger partial charge in [0.2, 0.25) is 5.91 Å². The highest BCUT2D eigenvalue weighted by molar-refractivity contribution is 5.92. The number of hydrogen-bond donors (Lipinski definition) is 1. The van der Waals surface area contributed by atoms with Crippen LogP contribution >= 0.6 is 0 Å². The van der Waals surface area contributed by atoms with Crippen LogP contribution in [-0.4, -0.2) is 48.4 Å². The van der Waals surface area contributed by atoms with Crippen molar-refractivity contribution in [3.63, 3.8) is 0 Å². The molecule has 1 saturated heterocycles. The highest BCUT2D eigenvalue weighted by atomic mass is 19.4. The van der Waals surface area contributed by atoms with Crippen LogP contribution in [0.4, 0.5) is 18.9 Å². The molecule has 0 radical (unpaired) electrons. The molecule has 2 atom stereocenters.